The number of rotatable bonds is 4. The van der Waals surface area contributed by atoms with Gasteiger partial charge in [0.25, 0.3) is 5.56 Å². The molecule has 13 heteroatoms. The summed E-state index contributed by atoms with van der Waals surface area (Å²) in [7, 11) is 0.880. The number of aromatic nitrogens is 2. The molecule has 2 aliphatic rings. The molecule has 0 radical (unpaired) electrons. The van der Waals surface area contributed by atoms with Crippen LogP contribution in [-0.4, -0.2) is 69.4 Å². The molecule has 2 aliphatic heterocycles. The first kappa shape index (κ1) is 21.5. The minimum Gasteiger partial charge on any atom is -0.394 e. The predicted octanol–water partition coefficient (Wildman–Crippen LogP) is -0.533. The van der Waals surface area contributed by atoms with Gasteiger partial charge in [0.05, 0.1) is 18.7 Å². The molecule has 0 saturated carbocycles. The van der Waals surface area contributed by atoms with Crippen molar-refractivity contribution >= 4 is 5.91 Å². The topological polar surface area (TPSA) is 123 Å². The van der Waals surface area contributed by atoms with Gasteiger partial charge in [0.15, 0.2) is 12.0 Å². The number of hydrogen-bond acceptors (Lipinski definition) is 7. The van der Waals surface area contributed by atoms with Crippen molar-refractivity contribution in [1.82, 2.24) is 14.5 Å². The van der Waals surface area contributed by atoms with Gasteiger partial charge in [0.1, 0.15) is 18.3 Å². The van der Waals surface area contributed by atoms with Crippen LogP contribution in [0.1, 0.15) is 25.6 Å². The smallest absolute Gasteiger partial charge is 0.394 e. The largest absolute Gasteiger partial charge is 0.471 e. The summed E-state index contributed by atoms with van der Waals surface area (Å²) in [6.07, 6.45) is -7.52. The first-order valence-electron chi connectivity index (χ1n) is 8.62. The van der Waals surface area contributed by atoms with Crippen molar-refractivity contribution in [3.05, 3.63) is 32.6 Å². The second-order valence-electron chi connectivity index (χ2n) is 7.29. The molecule has 0 bridgehead atoms. The van der Waals surface area contributed by atoms with Crippen molar-refractivity contribution in [2.45, 2.75) is 56.9 Å². The van der Waals surface area contributed by atoms with E-state index in [-0.39, 0.29) is 5.56 Å². The molecule has 4 atom stereocenters. The molecule has 0 aliphatic carbocycles. The fourth-order valence-electron chi connectivity index (χ4n) is 3.40. The SMILES string of the molecule is CN(Cc1cn([C@@H]2O[C@H](CO)[C@@H]3OC(C)(C)OC32)c(=O)[nH]c1=O)C(=O)C(F)(F)F. The van der Waals surface area contributed by atoms with Crippen molar-refractivity contribution in [2.24, 2.45) is 0 Å². The van der Waals surface area contributed by atoms with Crippen molar-refractivity contribution in [2.75, 3.05) is 13.7 Å². The molecule has 2 saturated heterocycles. The number of aliphatic hydroxyl groups is 1. The normalized spacial score (nSPS) is 28.4. The second kappa shape index (κ2) is 7.23. The summed E-state index contributed by atoms with van der Waals surface area (Å²) >= 11 is 0. The third-order valence-electron chi connectivity index (χ3n) is 4.62. The number of nitrogens with one attached hydrogen (secondary N) is 1. The summed E-state index contributed by atoms with van der Waals surface area (Å²) in [5.74, 6) is -3.15. The lowest BCUT2D eigenvalue weighted by molar-refractivity contribution is -0.200. The van der Waals surface area contributed by atoms with Gasteiger partial charge in [-0.1, -0.05) is 0 Å². The summed E-state index contributed by atoms with van der Waals surface area (Å²) in [6.45, 7) is 2.15. The van der Waals surface area contributed by atoms with Crippen molar-refractivity contribution in [3.63, 3.8) is 0 Å². The molecular formula is C16H20F3N3O7. The lowest BCUT2D eigenvalue weighted by Crippen LogP contribution is -2.42. The number of carbonyl (C=O) groups is 1. The van der Waals surface area contributed by atoms with Gasteiger partial charge in [0, 0.05) is 13.2 Å². The molecule has 29 heavy (non-hydrogen) atoms. The van der Waals surface area contributed by atoms with Crippen LogP contribution in [0.3, 0.4) is 0 Å². The van der Waals surface area contributed by atoms with E-state index in [2.05, 4.69) is 0 Å². The fourth-order valence-corrected chi connectivity index (χ4v) is 3.40. The van der Waals surface area contributed by atoms with Crippen LogP contribution >= 0.6 is 0 Å². The summed E-state index contributed by atoms with van der Waals surface area (Å²) in [6, 6.07) is 0. The molecule has 2 N–H and O–H groups in total. The standard InChI is InChI=1S/C16H20F3N3O7/c1-15(2)28-9-8(6-23)27-12(10(9)29-15)22-5-7(11(24)20-14(22)26)4-21(3)13(25)16(17,18)19/h5,8-10,12,23H,4,6H2,1-3H3,(H,20,24,26)/t8-,9+,10?,12-/m1/s1. The van der Waals surface area contributed by atoms with E-state index >= 15 is 0 Å². The molecule has 1 aromatic heterocycles. The Morgan fingerprint density at radius 1 is 1.31 bits per heavy atom. The van der Waals surface area contributed by atoms with Crippen molar-refractivity contribution < 1.29 is 37.3 Å². The van der Waals surface area contributed by atoms with Gasteiger partial charge >= 0.3 is 17.8 Å². The molecule has 0 spiro atoms. The van der Waals surface area contributed by atoms with Crippen LogP contribution in [0.25, 0.3) is 0 Å². The number of ether oxygens (including phenoxy) is 3. The third-order valence-corrected chi connectivity index (χ3v) is 4.62. The lowest BCUT2D eigenvalue weighted by Gasteiger charge is -2.25. The number of alkyl halides is 3. The zero-order valence-corrected chi connectivity index (χ0v) is 15.7. The monoisotopic (exact) mass is 423 g/mol. The maximum absolute atomic E-state index is 12.6. The zero-order valence-electron chi connectivity index (χ0n) is 15.7. The molecule has 10 nitrogen and oxygen atoms in total. The number of halogens is 3. The summed E-state index contributed by atoms with van der Waals surface area (Å²) in [5, 5.41) is 9.52. The lowest BCUT2D eigenvalue weighted by atomic mass is 10.1. The maximum atomic E-state index is 12.6. The zero-order chi connectivity index (χ0) is 21.7. The average Bonchev–Trinajstić information content (AvgIpc) is 3.08. The third kappa shape index (κ3) is 4.08. The van der Waals surface area contributed by atoms with Gasteiger partial charge in [0.2, 0.25) is 0 Å². The van der Waals surface area contributed by atoms with E-state index in [1.807, 2.05) is 4.98 Å². The molecule has 1 aromatic rings. The van der Waals surface area contributed by atoms with Gasteiger partial charge in [-0.15, -0.1) is 0 Å². The van der Waals surface area contributed by atoms with Gasteiger partial charge in [-0.3, -0.25) is 19.1 Å². The number of hydrogen-bond donors (Lipinski definition) is 2. The first-order chi connectivity index (χ1) is 13.3. The van der Waals surface area contributed by atoms with E-state index in [0.717, 1.165) is 17.8 Å². The van der Waals surface area contributed by atoms with E-state index in [4.69, 9.17) is 14.2 Å². The van der Waals surface area contributed by atoms with Crippen LogP contribution in [0.5, 0.6) is 0 Å². The summed E-state index contributed by atoms with van der Waals surface area (Å²) in [5.41, 5.74) is -2.10. The Morgan fingerprint density at radius 2 is 1.93 bits per heavy atom. The Balaban J connectivity index is 1.93. The van der Waals surface area contributed by atoms with E-state index < -0.39 is 66.8 Å². The van der Waals surface area contributed by atoms with Gasteiger partial charge in [-0.05, 0) is 13.8 Å². The van der Waals surface area contributed by atoms with E-state index in [9.17, 15) is 32.7 Å². The fraction of sp³-hybridized carbons (Fsp3) is 0.688. The highest BCUT2D eigenvalue weighted by atomic mass is 19.4. The molecule has 1 unspecified atom stereocenters. The van der Waals surface area contributed by atoms with Crippen LogP contribution in [0.4, 0.5) is 13.2 Å². The van der Waals surface area contributed by atoms with E-state index in [1.54, 1.807) is 13.8 Å². The second-order valence-corrected chi connectivity index (χ2v) is 7.29. The number of carbonyl (C=O) groups excluding carboxylic acids is 1. The molecule has 3 rings (SSSR count). The van der Waals surface area contributed by atoms with Crippen LogP contribution in [0.15, 0.2) is 15.8 Å². The molecule has 0 aromatic carbocycles. The van der Waals surface area contributed by atoms with Crippen LogP contribution in [-0.2, 0) is 25.5 Å². The Labute approximate surface area is 161 Å². The van der Waals surface area contributed by atoms with Crippen LogP contribution in [0, 0.1) is 0 Å². The molecule has 162 valence electrons. The summed E-state index contributed by atoms with van der Waals surface area (Å²) in [4.78, 5) is 38.0. The number of aliphatic hydroxyl groups excluding tert-OH is 1. The Hall–Kier alpha value is -2.22. The minimum absolute atomic E-state index is 0.268. The minimum atomic E-state index is -5.10. The van der Waals surface area contributed by atoms with Gasteiger partial charge in [-0.2, -0.15) is 13.2 Å². The number of fused-ring (bicyclic) bond motifs is 1. The Kier molecular flexibility index (Phi) is 5.36. The number of nitrogens with zero attached hydrogens (tertiary/aromatic N) is 2. The number of aromatic amines is 1. The molecule has 1 amide bonds. The van der Waals surface area contributed by atoms with Gasteiger partial charge in [-0.25, -0.2) is 4.79 Å². The highest BCUT2D eigenvalue weighted by molar-refractivity contribution is 5.81. The Morgan fingerprint density at radius 3 is 2.52 bits per heavy atom. The average molecular weight is 423 g/mol. The van der Waals surface area contributed by atoms with Crippen LogP contribution in [0.2, 0.25) is 0 Å². The highest BCUT2D eigenvalue weighted by Crippen LogP contribution is 2.42. The summed E-state index contributed by atoms with van der Waals surface area (Å²) < 4.78 is 55.7. The highest BCUT2D eigenvalue weighted by Gasteiger charge is 2.56. The maximum Gasteiger partial charge on any atom is 0.471 e. The van der Waals surface area contributed by atoms with Crippen LogP contribution < -0.4 is 11.2 Å². The first-order valence-corrected chi connectivity index (χ1v) is 8.62. The van der Waals surface area contributed by atoms with E-state index in [1.165, 1.54) is 0 Å². The number of H-pyrrole nitrogens is 1. The van der Waals surface area contributed by atoms with Crippen molar-refractivity contribution in [1.29, 1.82) is 0 Å². The predicted molar refractivity (Wildman–Crippen MR) is 88.7 cm³/mol. The molecule has 2 fully saturated rings. The molecular weight excluding hydrogens is 403 g/mol. The number of amides is 1. The Bertz CT molecular complexity index is 910. The molecule has 3 heterocycles. The van der Waals surface area contributed by atoms with Crippen molar-refractivity contribution in [3.8, 4) is 0 Å². The van der Waals surface area contributed by atoms with Gasteiger partial charge < -0.3 is 24.2 Å². The quantitative estimate of drug-likeness (QED) is 0.667. The van der Waals surface area contributed by atoms with E-state index in [0.29, 0.717) is 4.90 Å².